The molecule has 1 atom stereocenters. The van der Waals surface area contributed by atoms with Gasteiger partial charge in [-0.05, 0) is 26.1 Å². The molecule has 0 amide bonds. The van der Waals surface area contributed by atoms with E-state index in [9.17, 15) is 0 Å². The van der Waals surface area contributed by atoms with Crippen molar-refractivity contribution < 1.29 is 9.47 Å². The van der Waals surface area contributed by atoms with E-state index in [-0.39, 0.29) is 0 Å². The Morgan fingerprint density at radius 2 is 2.30 bits per heavy atom. The molecule has 0 saturated heterocycles. The van der Waals surface area contributed by atoms with E-state index in [1.165, 1.54) is 0 Å². The fraction of sp³-hybridized carbons (Fsp3) is 0.500. The molecule has 0 aliphatic carbocycles. The first-order valence-electron chi connectivity index (χ1n) is 6.68. The first kappa shape index (κ1) is 15.2. The Kier molecular flexibility index (Phi) is 5.70. The number of nitrogens with one attached hydrogen (secondary N) is 2. The Balaban J connectivity index is 2.03. The van der Waals surface area contributed by atoms with Gasteiger partial charge in [-0.3, -0.25) is 0 Å². The quantitative estimate of drug-likeness (QED) is 0.732. The van der Waals surface area contributed by atoms with Gasteiger partial charge in [-0.1, -0.05) is 11.8 Å². The molecular formula is C14H21N3O2S. The SMILES string of the molecule is CCOc1ccc2nc(SCC(COC)NC)[nH]c2c1. The minimum atomic E-state index is 0.317. The molecule has 2 N–H and O–H groups in total. The number of methoxy groups -OCH3 is 1. The van der Waals surface area contributed by atoms with Crippen LogP contribution in [-0.2, 0) is 4.74 Å². The van der Waals surface area contributed by atoms with E-state index >= 15 is 0 Å². The number of fused-ring (bicyclic) bond motifs is 1. The van der Waals surface area contributed by atoms with Gasteiger partial charge in [0.2, 0.25) is 0 Å². The van der Waals surface area contributed by atoms with Crippen molar-refractivity contribution in [3.63, 3.8) is 0 Å². The van der Waals surface area contributed by atoms with Crippen LogP contribution < -0.4 is 10.1 Å². The Morgan fingerprint density at radius 1 is 1.45 bits per heavy atom. The Labute approximate surface area is 123 Å². The maximum Gasteiger partial charge on any atom is 0.166 e. The molecule has 6 heteroatoms. The second kappa shape index (κ2) is 7.52. The Hall–Kier alpha value is -1.24. The molecule has 110 valence electrons. The number of thioether (sulfide) groups is 1. The summed E-state index contributed by atoms with van der Waals surface area (Å²) < 4.78 is 10.7. The molecule has 0 aliphatic heterocycles. The Morgan fingerprint density at radius 3 is 3.00 bits per heavy atom. The average Bonchev–Trinajstić information content (AvgIpc) is 2.86. The first-order valence-corrected chi connectivity index (χ1v) is 7.67. The minimum Gasteiger partial charge on any atom is -0.494 e. The number of benzene rings is 1. The van der Waals surface area contributed by atoms with Crippen LogP contribution >= 0.6 is 11.8 Å². The number of imidazole rings is 1. The Bertz CT molecular complexity index is 544. The van der Waals surface area contributed by atoms with Gasteiger partial charge in [0.1, 0.15) is 5.75 Å². The van der Waals surface area contributed by atoms with Crippen LogP contribution in [0.5, 0.6) is 5.75 Å². The lowest BCUT2D eigenvalue weighted by atomic mass is 10.3. The second-order valence-corrected chi connectivity index (χ2v) is 5.41. The van der Waals surface area contributed by atoms with Crippen LogP contribution in [0.1, 0.15) is 6.92 Å². The lowest BCUT2D eigenvalue weighted by Gasteiger charge is -2.13. The summed E-state index contributed by atoms with van der Waals surface area (Å²) in [7, 11) is 3.66. The predicted octanol–water partition coefficient (Wildman–Crippen LogP) is 2.29. The van der Waals surface area contributed by atoms with Crippen LogP contribution in [0.4, 0.5) is 0 Å². The van der Waals surface area contributed by atoms with Crippen molar-refractivity contribution in [2.45, 2.75) is 18.1 Å². The zero-order chi connectivity index (χ0) is 14.4. The van der Waals surface area contributed by atoms with Crippen LogP contribution in [0, 0.1) is 0 Å². The van der Waals surface area contributed by atoms with Crippen LogP contribution in [-0.4, -0.2) is 49.1 Å². The average molecular weight is 295 g/mol. The first-order chi connectivity index (χ1) is 9.76. The van der Waals surface area contributed by atoms with Crippen molar-refractivity contribution in [1.29, 1.82) is 0 Å². The molecule has 1 aromatic carbocycles. The number of nitrogens with zero attached hydrogens (tertiary/aromatic N) is 1. The molecule has 1 heterocycles. The van der Waals surface area contributed by atoms with Crippen molar-refractivity contribution >= 4 is 22.8 Å². The number of H-pyrrole nitrogens is 1. The fourth-order valence-corrected chi connectivity index (χ4v) is 2.85. The third-order valence-corrected chi connectivity index (χ3v) is 3.98. The molecule has 5 nitrogen and oxygen atoms in total. The van der Waals surface area contributed by atoms with E-state index in [2.05, 4.69) is 15.3 Å². The summed E-state index contributed by atoms with van der Waals surface area (Å²) in [6.07, 6.45) is 0. The zero-order valence-electron chi connectivity index (χ0n) is 12.1. The van der Waals surface area contributed by atoms with E-state index in [0.29, 0.717) is 19.3 Å². The van der Waals surface area contributed by atoms with E-state index in [1.54, 1.807) is 18.9 Å². The van der Waals surface area contributed by atoms with Gasteiger partial charge in [-0.2, -0.15) is 0 Å². The third kappa shape index (κ3) is 3.88. The number of aromatic amines is 1. The van der Waals surface area contributed by atoms with Gasteiger partial charge in [-0.25, -0.2) is 4.98 Å². The van der Waals surface area contributed by atoms with Crippen molar-refractivity contribution in [1.82, 2.24) is 15.3 Å². The van der Waals surface area contributed by atoms with Crippen molar-refractivity contribution in [2.75, 3.05) is 33.1 Å². The van der Waals surface area contributed by atoms with Gasteiger partial charge in [0.15, 0.2) is 5.16 Å². The van der Waals surface area contributed by atoms with Gasteiger partial charge < -0.3 is 19.8 Å². The summed E-state index contributed by atoms with van der Waals surface area (Å²) in [5.41, 5.74) is 1.97. The van der Waals surface area contributed by atoms with Crippen molar-refractivity contribution in [2.24, 2.45) is 0 Å². The summed E-state index contributed by atoms with van der Waals surface area (Å²) in [6, 6.07) is 6.23. The molecule has 0 aliphatic rings. The lowest BCUT2D eigenvalue weighted by molar-refractivity contribution is 0.177. The van der Waals surface area contributed by atoms with E-state index in [1.807, 2.05) is 32.2 Å². The normalized spacial score (nSPS) is 12.8. The maximum atomic E-state index is 5.49. The van der Waals surface area contributed by atoms with Gasteiger partial charge in [0.05, 0.1) is 24.2 Å². The van der Waals surface area contributed by atoms with Crippen molar-refractivity contribution in [3.05, 3.63) is 18.2 Å². The molecule has 1 unspecified atom stereocenters. The molecule has 0 spiro atoms. The molecular weight excluding hydrogens is 274 g/mol. The fourth-order valence-electron chi connectivity index (χ4n) is 1.89. The largest absolute Gasteiger partial charge is 0.494 e. The van der Waals surface area contributed by atoms with E-state index < -0.39 is 0 Å². The summed E-state index contributed by atoms with van der Waals surface area (Å²) in [4.78, 5) is 7.88. The smallest absolute Gasteiger partial charge is 0.166 e. The summed E-state index contributed by atoms with van der Waals surface area (Å²) in [5, 5.41) is 4.15. The highest BCUT2D eigenvalue weighted by Gasteiger charge is 2.09. The highest BCUT2D eigenvalue weighted by Crippen LogP contribution is 2.23. The van der Waals surface area contributed by atoms with Crippen LogP contribution in [0.2, 0.25) is 0 Å². The highest BCUT2D eigenvalue weighted by molar-refractivity contribution is 7.99. The monoisotopic (exact) mass is 295 g/mol. The highest BCUT2D eigenvalue weighted by atomic mass is 32.2. The predicted molar refractivity (Wildman–Crippen MR) is 82.7 cm³/mol. The number of likely N-dealkylation sites (N-methyl/N-ethyl adjacent to an activating group) is 1. The topological polar surface area (TPSA) is 59.2 Å². The number of aromatic nitrogens is 2. The van der Waals surface area contributed by atoms with E-state index in [0.717, 1.165) is 27.7 Å². The van der Waals surface area contributed by atoms with Gasteiger partial charge >= 0.3 is 0 Å². The second-order valence-electron chi connectivity index (χ2n) is 4.41. The molecule has 0 saturated carbocycles. The standard InChI is InChI=1S/C14H21N3O2S/c1-4-19-11-5-6-12-13(7-11)17-14(16-12)20-9-10(15-2)8-18-3/h5-7,10,15H,4,8-9H2,1-3H3,(H,16,17). The number of hydrogen-bond donors (Lipinski definition) is 2. The number of rotatable bonds is 8. The van der Waals surface area contributed by atoms with Crippen LogP contribution in [0.25, 0.3) is 11.0 Å². The molecule has 2 aromatic rings. The van der Waals surface area contributed by atoms with Gasteiger partial charge in [-0.15, -0.1) is 0 Å². The zero-order valence-corrected chi connectivity index (χ0v) is 12.9. The number of hydrogen-bond acceptors (Lipinski definition) is 5. The molecule has 20 heavy (non-hydrogen) atoms. The number of ether oxygens (including phenoxy) is 2. The van der Waals surface area contributed by atoms with Crippen molar-refractivity contribution in [3.8, 4) is 5.75 Å². The lowest BCUT2D eigenvalue weighted by Crippen LogP contribution is -2.32. The van der Waals surface area contributed by atoms with E-state index in [4.69, 9.17) is 9.47 Å². The maximum absolute atomic E-state index is 5.49. The molecule has 2 rings (SSSR count). The molecule has 0 fully saturated rings. The molecule has 1 aromatic heterocycles. The minimum absolute atomic E-state index is 0.317. The summed E-state index contributed by atoms with van der Waals surface area (Å²) in [5.74, 6) is 1.77. The van der Waals surface area contributed by atoms with Gasteiger partial charge in [0, 0.05) is 25.0 Å². The third-order valence-electron chi connectivity index (χ3n) is 2.94. The molecule has 0 bridgehead atoms. The van der Waals surface area contributed by atoms with Crippen LogP contribution in [0.15, 0.2) is 23.4 Å². The molecule has 0 radical (unpaired) electrons. The van der Waals surface area contributed by atoms with Gasteiger partial charge in [0.25, 0.3) is 0 Å². The van der Waals surface area contributed by atoms with Crippen LogP contribution in [0.3, 0.4) is 0 Å². The summed E-state index contributed by atoms with van der Waals surface area (Å²) >= 11 is 1.69. The summed E-state index contributed by atoms with van der Waals surface area (Å²) in [6.45, 7) is 3.34.